The SMILES string of the molecule is CCCCCCC(CCCCC)CCC(=O)O. The fraction of sp³-hybridized carbons (Fsp3) is 0.933. The van der Waals surface area contributed by atoms with Crippen molar-refractivity contribution >= 4 is 5.97 Å². The first-order chi connectivity index (χ1) is 8.20. The molecule has 0 aromatic rings. The van der Waals surface area contributed by atoms with Gasteiger partial charge in [-0.05, 0) is 12.3 Å². The van der Waals surface area contributed by atoms with Crippen LogP contribution in [0.1, 0.15) is 84.5 Å². The van der Waals surface area contributed by atoms with Crippen LogP contribution in [0.2, 0.25) is 0 Å². The fourth-order valence-corrected chi connectivity index (χ4v) is 2.30. The summed E-state index contributed by atoms with van der Waals surface area (Å²) in [6.07, 6.45) is 12.7. The third-order valence-electron chi connectivity index (χ3n) is 3.45. The monoisotopic (exact) mass is 242 g/mol. The highest BCUT2D eigenvalue weighted by Crippen LogP contribution is 2.22. The summed E-state index contributed by atoms with van der Waals surface area (Å²) >= 11 is 0. The van der Waals surface area contributed by atoms with Gasteiger partial charge in [-0.1, -0.05) is 71.6 Å². The number of carboxylic acid groups (broad SMARTS) is 1. The highest BCUT2D eigenvalue weighted by atomic mass is 16.4. The molecule has 0 saturated heterocycles. The van der Waals surface area contributed by atoms with Gasteiger partial charge in [0.1, 0.15) is 0 Å². The highest BCUT2D eigenvalue weighted by molar-refractivity contribution is 5.66. The summed E-state index contributed by atoms with van der Waals surface area (Å²) in [6.45, 7) is 4.44. The van der Waals surface area contributed by atoms with E-state index in [-0.39, 0.29) is 0 Å². The minimum absolute atomic E-state index is 0.352. The van der Waals surface area contributed by atoms with E-state index in [0.29, 0.717) is 12.3 Å². The van der Waals surface area contributed by atoms with E-state index in [9.17, 15) is 4.79 Å². The summed E-state index contributed by atoms with van der Waals surface area (Å²) in [5.74, 6) is 0.00792. The maximum absolute atomic E-state index is 10.6. The van der Waals surface area contributed by atoms with Gasteiger partial charge in [-0.2, -0.15) is 0 Å². The maximum atomic E-state index is 10.6. The van der Waals surface area contributed by atoms with Crippen LogP contribution in [-0.2, 0) is 4.79 Å². The molecule has 0 heterocycles. The van der Waals surface area contributed by atoms with Crippen molar-refractivity contribution in [2.75, 3.05) is 0 Å². The molecule has 0 aromatic heterocycles. The second-order valence-corrected chi connectivity index (χ2v) is 5.14. The van der Waals surface area contributed by atoms with Crippen molar-refractivity contribution in [3.8, 4) is 0 Å². The molecule has 0 aromatic carbocycles. The standard InChI is InChI=1S/C15H30O2/c1-3-5-7-9-11-14(10-8-6-4-2)12-13-15(16)17/h14H,3-13H2,1-2H3,(H,16,17). The van der Waals surface area contributed by atoms with Crippen LogP contribution in [0.25, 0.3) is 0 Å². The van der Waals surface area contributed by atoms with Crippen LogP contribution in [-0.4, -0.2) is 11.1 Å². The lowest BCUT2D eigenvalue weighted by Gasteiger charge is -2.15. The summed E-state index contributed by atoms with van der Waals surface area (Å²) in [7, 11) is 0. The topological polar surface area (TPSA) is 37.3 Å². The molecule has 0 amide bonds. The van der Waals surface area contributed by atoms with E-state index in [4.69, 9.17) is 5.11 Å². The van der Waals surface area contributed by atoms with Gasteiger partial charge < -0.3 is 5.11 Å². The Kier molecular flexibility index (Phi) is 11.6. The smallest absolute Gasteiger partial charge is 0.303 e. The van der Waals surface area contributed by atoms with Crippen molar-refractivity contribution in [1.29, 1.82) is 0 Å². The van der Waals surface area contributed by atoms with E-state index in [1.54, 1.807) is 0 Å². The van der Waals surface area contributed by atoms with Gasteiger partial charge in [-0.25, -0.2) is 0 Å². The van der Waals surface area contributed by atoms with Crippen LogP contribution in [0.4, 0.5) is 0 Å². The molecule has 0 spiro atoms. The molecule has 102 valence electrons. The second-order valence-electron chi connectivity index (χ2n) is 5.14. The van der Waals surface area contributed by atoms with Crippen molar-refractivity contribution in [2.24, 2.45) is 5.92 Å². The number of hydrogen-bond acceptors (Lipinski definition) is 1. The Morgan fingerprint density at radius 1 is 0.882 bits per heavy atom. The highest BCUT2D eigenvalue weighted by Gasteiger charge is 2.10. The predicted octanol–water partition coefficient (Wildman–Crippen LogP) is 5.02. The molecule has 0 rings (SSSR count). The van der Waals surface area contributed by atoms with Gasteiger partial charge in [0.25, 0.3) is 0 Å². The van der Waals surface area contributed by atoms with Gasteiger partial charge in [0, 0.05) is 6.42 Å². The van der Waals surface area contributed by atoms with Crippen LogP contribution >= 0.6 is 0 Å². The molecule has 1 unspecified atom stereocenters. The lowest BCUT2D eigenvalue weighted by molar-refractivity contribution is -0.137. The van der Waals surface area contributed by atoms with Gasteiger partial charge in [0.05, 0.1) is 0 Å². The molecule has 2 nitrogen and oxygen atoms in total. The Bertz CT molecular complexity index is 178. The molecule has 1 N–H and O–H groups in total. The summed E-state index contributed by atoms with van der Waals surface area (Å²) in [4.78, 5) is 10.6. The first-order valence-electron chi connectivity index (χ1n) is 7.42. The van der Waals surface area contributed by atoms with Crippen molar-refractivity contribution in [2.45, 2.75) is 84.5 Å². The molecule has 0 bridgehead atoms. The van der Waals surface area contributed by atoms with Crippen molar-refractivity contribution in [3.63, 3.8) is 0 Å². The van der Waals surface area contributed by atoms with Crippen LogP contribution in [0, 0.1) is 5.92 Å². The lowest BCUT2D eigenvalue weighted by atomic mass is 9.91. The number of carboxylic acids is 1. The Labute approximate surface area is 107 Å². The number of rotatable bonds is 12. The average molecular weight is 242 g/mol. The van der Waals surface area contributed by atoms with E-state index in [0.717, 1.165) is 6.42 Å². The molecule has 0 aliphatic rings. The number of aliphatic carboxylic acids is 1. The normalized spacial score (nSPS) is 12.6. The summed E-state index contributed by atoms with van der Waals surface area (Å²) in [5.41, 5.74) is 0. The first-order valence-corrected chi connectivity index (χ1v) is 7.42. The van der Waals surface area contributed by atoms with E-state index >= 15 is 0 Å². The molecule has 0 fully saturated rings. The Morgan fingerprint density at radius 3 is 1.94 bits per heavy atom. The molecule has 0 saturated carbocycles. The summed E-state index contributed by atoms with van der Waals surface area (Å²) < 4.78 is 0. The van der Waals surface area contributed by atoms with E-state index in [1.807, 2.05) is 0 Å². The quantitative estimate of drug-likeness (QED) is 0.488. The summed E-state index contributed by atoms with van der Waals surface area (Å²) in [6, 6.07) is 0. The zero-order chi connectivity index (χ0) is 12.9. The zero-order valence-corrected chi connectivity index (χ0v) is 11.7. The zero-order valence-electron chi connectivity index (χ0n) is 11.7. The summed E-state index contributed by atoms with van der Waals surface area (Å²) in [5, 5.41) is 8.74. The first kappa shape index (κ1) is 16.5. The van der Waals surface area contributed by atoms with Crippen LogP contribution in [0.3, 0.4) is 0 Å². The van der Waals surface area contributed by atoms with E-state index in [2.05, 4.69) is 13.8 Å². The molecule has 17 heavy (non-hydrogen) atoms. The van der Waals surface area contributed by atoms with Crippen LogP contribution in [0.15, 0.2) is 0 Å². The minimum atomic E-state index is -0.640. The van der Waals surface area contributed by atoms with Crippen LogP contribution in [0.5, 0.6) is 0 Å². The predicted molar refractivity (Wildman–Crippen MR) is 73.3 cm³/mol. The minimum Gasteiger partial charge on any atom is -0.481 e. The Hall–Kier alpha value is -0.530. The third kappa shape index (κ3) is 11.7. The molecular formula is C15H30O2. The molecule has 0 aliphatic carbocycles. The molecule has 0 aliphatic heterocycles. The number of hydrogen-bond donors (Lipinski definition) is 1. The van der Waals surface area contributed by atoms with E-state index < -0.39 is 5.97 Å². The largest absolute Gasteiger partial charge is 0.481 e. The van der Waals surface area contributed by atoms with Gasteiger partial charge in [0.2, 0.25) is 0 Å². The van der Waals surface area contributed by atoms with Crippen molar-refractivity contribution in [1.82, 2.24) is 0 Å². The lowest BCUT2D eigenvalue weighted by Crippen LogP contribution is -2.05. The van der Waals surface area contributed by atoms with Crippen LogP contribution < -0.4 is 0 Å². The number of carbonyl (C=O) groups is 1. The van der Waals surface area contributed by atoms with Gasteiger partial charge in [0.15, 0.2) is 0 Å². The van der Waals surface area contributed by atoms with Gasteiger partial charge in [-0.3, -0.25) is 4.79 Å². The Balaban J connectivity index is 3.71. The number of unbranched alkanes of at least 4 members (excludes halogenated alkanes) is 5. The second kappa shape index (κ2) is 11.9. The van der Waals surface area contributed by atoms with Crippen molar-refractivity contribution in [3.05, 3.63) is 0 Å². The Morgan fingerprint density at radius 2 is 1.41 bits per heavy atom. The maximum Gasteiger partial charge on any atom is 0.303 e. The fourth-order valence-electron chi connectivity index (χ4n) is 2.30. The third-order valence-corrected chi connectivity index (χ3v) is 3.45. The average Bonchev–Trinajstić information content (AvgIpc) is 2.30. The van der Waals surface area contributed by atoms with Crippen molar-refractivity contribution < 1.29 is 9.90 Å². The molecule has 1 atom stereocenters. The molecule has 2 heteroatoms. The molecule has 0 radical (unpaired) electrons. The van der Waals surface area contributed by atoms with Gasteiger partial charge in [-0.15, -0.1) is 0 Å². The van der Waals surface area contributed by atoms with Gasteiger partial charge >= 0.3 is 5.97 Å². The van der Waals surface area contributed by atoms with E-state index in [1.165, 1.54) is 57.8 Å². The molecular weight excluding hydrogens is 212 g/mol.